The third kappa shape index (κ3) is 4.60. The van der Waals surface area contributed by atoms with Crippen molar-refractivity contribution in [3.8, 4) is 34.7 Å². The summed E-state index contributed by atoms with van der Waals surface area (Å²) in [7, 11) is 0. The van der Waals surface area contributed by atoms with Gasteiger partial charge in [-0.15, -0.1) is 0 Å². The Morgan fingerprint density at radius 3 is 2.79 bits per heavy atom. The number of carbonyl (C=O) groups excluding carboxylic acids is 1. The number of hydrogen-bond acceptors (Lipinski definition) is 7. The summed E-state index contributed by atoms with van der Waals surface area (Å²) in [5, 5.41) is 13.4. The van der Waals surface area contributed by atoms with E-state index in [2.05, 4.69) is 21.2 Å². The van der Waals surface area contributed by atoms with E-state index in [1.807, 2.05) is 19.9 Å². The summed E-state index contributed by atoms with van der Waals surface area (Å²) < 4.78 is 11.0. The maximum Gasteiger partial charge on any atom is 0.258 e. The van der Waals surface area contributed by atoms with E-state index >= 15 is 0 Å². The van der Waals surface area contributed by atoms with E-state index in [9.17, 15) is 10.1 Å². The van der Waals surface area contributed by atoms with E-state index < -0.39 is 0 Å². The lowest BCUT2D eigenvalue weighted by Gasteiger charge is -2.11. The molecule has 0 saturated heterocycles. The summed E-state index contributed by atoms with van der Waals surface area (Å²) in [6, 6.07) is 10.9. The maximum atomic E-state index is 11.2. The highest BCUT2D eigenvalue weighted by atomic mass is 16.5. The molecule has 0 N–H and O–H groups in total. The molecule has 0 saturated carbocycles. The lowest BCUT2D eigenvalue weighted by Crippen LogP contribution is -2.06. The van der Waals surface area contributed by atoms with Crippen molar-refractivity contribution in [1.29, 1.82) is 5.26 Å². The van der Waals surface area contributed by atoms with Crippen LogP contribution in [0.4, 0.5) is 0 Å². The molecule has 28 heavy (non-hydrogen) atoms. The summed E-state index contributed by atoms with van der Waals surface area (Å²) in [4.78, 5) is 19.9. The fraction of sp³-hybridized carbons (Fsp3) is 0.286. The summed E-state index contributed by atoms with van der Waals surface area (Å²) >= 11 is 0. The van der Waals surface area contributed by atoms with Gasteiger partial charge in [0.15, 0.2) is 0 Å². The summed E-state index contributed by atoms with van der Waals surface area (Å²) in [6.07, 6.45) is 2.64. The average Bonchev–Trinajstić information content (AvgIpc) is 3.17. The number of aromatic nitrogens is 3. The molecule has 7 heteroatoms. The molecular formula is C21H20N4O3. The Kier molecular flexibility index (Phi) is 5.80. The summed E-state index contributed by atoms with van der Waals surface area (Å²) in [6.45, 7) is 5.36. The van der Waals surface area contributed by atoms with E-state index in [4.69, 9.17) is 9.26 Å². The van der Waals surface area contributed by atoms with Gasteiger partial charge >= 0.3 is 0 Å². The van der Waals surface area contributed by atoms with Crippen molar-refractivity contribution in [1.82, 2.24) is 15.1 Å². The Morgan fingerprint density at radius 2 is 2.07 bits per heavy atom. The van der Waals surface area contributed by atoms with Crippen LogP contribution < -0.4 is 4.74 Å². The van der Waals surface area contributed by atoms with Gasteiger partial charge in [0, 0.05) is 29.4 Å². The second-order valence-electron chi connectivity index (χ2n) is 6.65. The highest BCUT2D eigenvalue weighted by Gasteiger charge is 2.14. The molecule has 0 aliphatic rings. The fourth-order valence-electron chi connectivity index (χ4n) is 2.62. The van der Waals surface area contributed by atoms with Gasteiger partial charge in [-0.2, -0.15) is 10.2 Å². The number of hydrogen-bond donors (Lipinski definition) is 0. The second kappa shape index (κ2) is 8.44. The van der Waals surface area contributed by atoms with Crippen molar-refractivity contribution in [2.24, 2.45) is 0 Å². The molecule has 0 aliphatic carbocycles. The number of nitrogens with zero attached hydrogens (tertiary/aromatic N) is 4. The van der Waals surface area contributed by atoms with Crippen LogP contribution in [0.1, 0.15) is 38.4 Å². The Bertz CT molecular complexity index is 1030. The van der Waals surface area contributed by atoms with Gasteiger partial charge in [-0.05, 0) is 57.5 Å². The number of benzene rings is 1. The van der Waals surface area contributed by atoms with Gasteiger partial charge in [-0.3, -0.25) is 4.98 Å². The molecule has 0 spiro atoms. The average molecular weight is 376 g/mol. The Labute approximate surface area is 163 Å². The molecule has 0 unspecified atom stereocenters. The molecule has 0 amide bonds. The molecular weight excluding hydrogens is 356 g/mol. The Morgan fingerprint density at radius 1 is 1.25 bits per heavy atom. The van der Waals surface area contributed by atoms with Crippen molar-refractivity contribution >= 4 is 5.78 Å². The smallest absolute Gasteiger partial charge is 0.258 e. The first-order valence-corrected chi connectivity index (χ1v) is 8.96. The zero-order chi connectivity index (χ0) is 20.1. The Hall–Kier alpha value is -3.53. The molecule has 1 aromatic carbocycles. The van der Waals surface area contributed by atoms with Crippen LogP contribution in [-0.4, -0.2) is 27.0 Å². The van der Waals surface area contributed by atoms with Gasteiger partial charge in [0.1, 0.15) is 17.6 Å². The van der Waals surface area contributed by atoms with Crippen LogP contribution in [0.2, 0.25) is 0 Å². The molecule has 2 heterocycles. The van der Waals surface area contributed by atoms with Crippen LogP contribution in [0.3, 0.4) is 0 Å². The van der Waals surface area contributed by atoms with E-state index in [1.54, 1.807) is 37.4 Å². The number of nitriles is 1. The fourth-order valence-corrected chi connectivity index (χ4v) is 2.62. The molecule has 0 radical (unpaired) electrons. The van der Waals surface area contributed by atoms with Crippen LogP contribution in [0.15, 0.2) is 41.1 Å². The van der Waals surface area contributed by atoms with Crippen molar-refractivity contribution in [3.63, 3.8) is 0 Å². The molecule has 0 aliphatic heterocycles. The highest BCUT2D eigenvalue weighted by Crippen LogP contribution is 2.28. The maximum absolute atomic E-state index is 11.2. The first-order valence-electron chi connectivity index (χ1n) is 8.96. The molecule has 2 aromatic heterocycles. The molecule has 142 valence electrons. The summed E-state index contributed by atoms with van der Waals surface area (Å²) in [5.41, 5.74) is 2.59. The Balaban J connectivity index is 1.85. The minimum atomic E-state index is -0.0307. The zero-order valence-corrected chi connectivity index (χ0v) is 16.0. The lowest BCUT2D eigenvalue weighted by molar-refractivity contribution is -0.117. The van der Waals surface area contributed by atoms with Crippen molar-refractivity contribution in [2.75, 3.05) is 0 Å². The van der Waals surface area contributed by atoms with Crippen molar-refractivity contribution in [3.05, 3.63) is 47.8 Å². The third-order valence-electron chi connectivity index (χ3n) is 3.94. The normalized spacial score (nSPS) is 10.7. The van der Waals surface area contributed by atoms with Gasteiger partial charge in [0.2, 0.25) is 5.82 Å². The number of ether oxygens (including phenoxy) is 1. The number of ketones is 1. The predicted octanol–water partition coefficient (Wildman–Crippen LogP) is 3.98. The zero-order valence-electron chi connectivity index (χ0n) is 16.0. The van der Waals surface area contributed by atoms with Crippen molar-refractivity contribution < 1.29 is 14.1 Å². The minimum absolute atomic E-state index is 0.0307. The van der Waals surface area contributed by atoms with E-state index in [0.717, 1.165) is 11.3 Å². The molecule has 3 aromatic rings. The van der Waals surface area contributed by atoms with E-state index in [1.165, 1.54) is 0 Å². The highest BCUT2D eigenvalue weighted by molar-refractivity contribution is 5.75. The van der Waals surface area contributed by atoms with Gasteiger partial charge in [0.25, 0.3) is 5.89 Å². The topological polar surface area (TPSA) is 102 Å². The number of rotatable bonds is 7. The number of carbonyl (C=O) groups is 1. The van der Waals surface area contributed by atoms with Gasteiger partial charge in [-0.1, -0.05) is 5.16 Å². The molecule has 7 nitrogen and oxygen atoms in total. The van der Waals surface area contributed by atoms with Crippen LogP contribution in [0.5, 0.6) is 5.75 Å². The van der Waals surface area contributed by atoms with Crippen molar-refractivity contribution in [2.45, 2.75) is 39.7 Å². The number of Topliss-reactive ketones (excluding diaryl/α,β-unsaturated/α-hetero) is 1. The lowest BCUT2D eigenvalue weighted by atomic mass is 10.1. The molecule has 0 atom stereocenters. The van der Waals surface area contributed by atoms with Gasteiger partial charge in [0.05, 0.1) is 11.7 Å². The SMILES string of the molecule is CC(=O)CCc1cc(-c2noc(-c3ccc(OC(C)C)c(C#N)c3)n2)ccn1. The monoisotopic (exact) mass is 376 g/mol. The van der Waals surface area contributed by atoms with Crippen LogP contribution in [0, 0.1) is 11.3 Å². The largest absolute Gasteiger partial charge is 0.490 e. The summed E-state index contributed by atoms with van der Waals surface area (Å²) in [5.74, 6) is 1.37. The van der Waals surface area contributed by atoms with E-state index in [-0.39, 0.29) is 11.9 Å². The molecule has 0 bridgehead atoms. The number of pyridine rings is 1. The molecule has 3 rings (SSSR count). The quantitative estimate of drug-likeness (QED) is 0.614. The van der Waals surface area contributed by atoms with Crippen LogP contribution in [0.25, 0.3) is 22.8 Å². The second-order valence-corrected chi connectivity index (χ2v) is 6.65. The first kappa shape index (κ1) is 19.2. The van der Waals surface area contributed by atoms with Crippen LogP contribution >= 0.6 is 0 Å². The van der Waals surface area contributed by atoms with E-state index in [0.29, 0.717) is 41.4 Å². The minimum Gasteiger partial charge on any atom is -0.490 e. The predicted molar refractivity (Wildman–Crippen MR) is 102 cm³/mol. The number of aryl methyl sites for hydroxylation is 1. The van der Waals surface area contributed by atoms with Crippen LogP contribution in [-0.2, 0) is 11.2 Å². The first-order chi connectivity index (χ1) is 13.5. The standard InChI is InChI=1S/C21H20N4O3/c1-13(2)27-19-7-5-16(10-17(19)12-22)21-24-20(25-28-21)15-8-9-23-18(11-15)6-4-14(3)26/h5,7-11,13H,4,6H2,1-3H3. The molecule has 0 fully saturated rings. The van der Waals surface area contributed by atoms with Gasteiger partial charge < -0.3 is 14.1 Å². The van der Waals surface area contributed by atoms with Gasteiger partial charge in [-0.25, -0.2) is 0 Å². The third-order valence-corrected chi connectivity index (χ3v) is 3.94.